The summed E-state index contributed by atoms with van der Waals surface area (Å²) >= 11 is 5.75. The quantitative estimate of drug-likeness (QED) is 0.533. The fraction of sp³-hybridized carbons (Fsp3) is 0.143. The van der Waals surface area contributed by atoms with E-state index < -0.39 is 6.33 Å². The van der Waals surface area contributed by atoms with Gasteiger partial charge in [-0.1, -0.05) is 6.07 Å². The van der Waals surface area contributed by atoms with Crippen molar-refractivity contribution in [2.24, 2.45) is 0 Å². The zero-order valence-corrected chi connectivity index (χ0v) is 6.44. The van der Waals surface area contributed by atoms with E-state index in [0.29, 0.717) is 6.61 Å². The summed E-state index contributed by atoms with van der Waals surface area (Å²) in [7, 11) is 0. The lowest BCUT2D eigenvalue weighted by Gasteiger charge is -1.95. The lowest BCUT2D eigenvalue weighted by atomic mass is 9.86. The summed E-state index contributed by atoms with van der Waals surface area (Å²) in [5.41, 5.74) is 1.73. The molecule has 0 saturated heterocycles. The predicted octanol–water partition coefficient (Wildman–Crippen LogP) is 1.29. The van der Waals surface area contributed by atoms with Crippen LogP contribution in [-0.4, -0.2) is 6.33 Å². The van der Waals surface area contributed by atoms with Gasteiger partial charge >= 0.3 is 6.33 Å². The third-order valence-electron chi connectivity index (χ3n) is 1.73. The fourth-order valence-electron chi connectivity index (χ4n) is 1.17. The van der Waals surface area contributed by atoms with E-state index in [1.54, 1.807) is 6.07 Å². The lowest BCUT2D eigenvalue weighted by Crippen LogP contribution is -2.21. The van der Waals surface area contributed by atoms with Gasteiger partial charge in [-0.3, -0.25) is 0 Å². The van der Waals surface area contributed by atoms with Crippen LogP contribution in [0.5, 0.6) is 0 Å². The number of halogens is 2. The predicted molar refractivity (Wildman–Crippen MR) is 42.4 cm³/mol. The Kier molecular flexibility index (Phi) is 1.62. The standard InChI is InChI=1S/C7H5BClFO/c9-8-7-2-1-6(10)3-5(7)4-11-8/h1-3H,4H2. The van der Waals surface area contributed by atoms with Gasteiger partial charge in [0.2, 0.25) is 0 Å². The van der Waals surface area contributed by atoms with Crippen molar-refractivity contribution in [3.63, 3.8) is 0 Å². The van der Waals surface area contributed by atoms with E-state index >= 15 is 0 Å². The summed E-state index contributed by atoms with van der Waals surface area (Å²) in [4.78, 5) is 0. The van der Waals surface area contributed by atoms with Crippen LogP contribution in [0.25, 0.3) is 0 Å². The van der Waals surface area contributed by atoms with E-state index in [1.165, 1.54) is 12.1 Å². The Balaban J connectivity index is 2.50. The molecule has 0 radical (unpaired) electrons. The molecule has 1 heterocycles. The molecule has 2 rings (SSSR count). The molecule has 0 spiro atoms. The van der Waals surface area contributed by atoms with Crippen LogP contribution in [0.2, 0.25) is 0 Å². The van der Waals surface area contributed by atoms with Gasteiger partial charge in [0, 0.05) is 0 Å². The summed E-state index contributed by atoms with van der Waals surface area (Å²) in [6.45, 7) is 0.418. The monoisotopic (exact) mass is 170 g/mol. The Bertz CT molecular complexity index is 292. The molecule has 0 saturated carbocycles. The minimum atomic E-state index is -0.398. The molecule has 1 aliphatic rings. The Labute approximate surface area is 69.1 Å². The van der Waals surface area contributed by atoms with Crippen LogP contribution in [0, 0.1) is 5.82 Å². The highest BCUT2D eigenvalue weighted by atomic mass is 35.5. The fourth-order valence-corrected chi connectivity index (χ4v) is 1.45. The first-order valence-corrected chi connectivity index (χ1v) is 3.75. The number of fused-ring (bicyclic) bond motifs is 1. The van der Waals surface area contributed by atoms with Gasteiger partial charge in [-0.05, 0) is 23.2 Å². The molecule has 0 bridgehead atoms. The van der Waals surface area contributed by atoms with Crippen molar-refractivity contribution in [3.8, 4) is 0 Å². The number of rotatable bonds is 0. The lowest BCUT2D eigenvalue weighted by molar-refractivity contribution is 0.340. The van der Waals surface area contributed by atoms with Crippen molar-refractivity contribution < 1.29 is 9.04 Å². The van der Waals surface area contributed by atoms with Crippen molar-refractivity contribution in [1.82, 2.24) is 0 Å². The first kappa shape index (κ1) is 7.13. The molecule has 0 unspecified atom stereocenters. The van der Waals surface area contributed by atoms with Crippen LogP contribution >= 0.6 is 11.5 Å². The van der Waals surface area contributed by atoms with Crippen LogP contribution in [0.15, 0.2) is 18.2 Å². The normalized spacial score (nSPS) is 15.3. The zero-order valence-electron chi connectivity index (χ0n) is 5.68. The van der Waals surface area contributed by atoms with Crippen LogP contribution < -0.4 is 5.46 Å². The molecule has 4 heteroatoms. The van der Waals surface area contributed by atoms with E-state index in [0.717, 1.165) is 11.0 Å². The van der Waals surface area contributed by atoms with Gasteiger partial charge in [0.1, 0.15) is 5.82 Å². The summed E-state index contributed by atoms with van der Waals surface area (Å²) < 4.78 is 17.7. The van der Waals surface area contributed by atoms with Gasteiger partial charge in [0.25, 0.3) is 0 Å². The highest BCUT2D eigenvalue weighted by molar-refractivity contribution is 7.11. The number of benzene rings is 1. The first-order valence-electron chi connectivity index (χ1n) is 3.31. The molecule has 0 N–H and O–H groups in total. The molecule has 0 amide bonds. The SMILES string of the molecule is Fc1ccc2c(c1)COB2Cl. The van der Waals surface area contributed by atoms with Gasteiger partial charge in [-0.15, -0.1) is 11.5 Å². The molecular weight excluding hydrogens is 165 g/mol. The van der Waals surface area contributed by atoms with Crippen molar-refractivity contribution in [2.45, 2.75) is 6.61 Å². The van der Waals surface area contributed by atoms with Gasteiger partial charge < -0.3 is 4.65 Å². The highest BCUT2D eigenvalue weighted by Gasteiger charge is 2.25. The largest absolute Gasteiger partial charge is 0.434 e. The average molecular weight is 170 g/mol. The zero-order chi connectivity index (χ0) is 7.84. The van der Waals surface area contributed by atoms with Crippen molar-refractivity contribution in [2.75, 3.05) is 0 Å². The summed E-state index contributed by atoms with van der Waals surface area (Å²) in [5, 5.41) is 0. The van der Waals surface area contributed by atoms with E-state index in [1.807, 2.05) is 0 Å². The van der Waals surface area contributed by atoms with Crippen molar-refractivity contribution >= 4 is 23.3 Å². The van der Waals surface area contributed by atoms with Crippen LogP contribution in [0.3, 0.4) is 0 Å². The molecule has 1 aliphatic heterocycles. The molecule has 0 atom stereocenters. The Morgan fingerprint density at radius 1 is 1.55 bits per heavy atom. The maximum atomic E-state index is 12.6. The molecular formula is C7H5BClFO. The molecule has 0 fully saturated rings. The van der Waals surface area contributed by atoms with E-state index in [-0.39, 0.29) is 5.82 Å². The molecule has 1 aromatic carbocycles. The third kappa shape index (κ3) is 1.14. The highest BCUT2D eigenvalue weighted by Crippen LogP contribution is 2.13. The van der Waals surface area contributed by atoms with E-state index in [4.69, 9.17) is 16.1 Å². The minimum Gasteiger partial charge on any atom is -0.414 e. The smallest absolute Gasteiger partial charge is 0.414 e. The second kappa shape index (κ2) is 2.50. The molecule has 0 aliphatic carbocycles. The van der Waals surface area contributed by atoms with E-state index in [9.17, 15) is 4.39 Å². The topological polar surface area (TPSA) is 9.23 Å². The number of hydrogen-bond acceptors (Lipinski definition) is 1. The molecule has 11 heavy (non-hydrogen) atoms. The average Bonchev–Trinajstić information content (AvgIpc) is 2.32. The van der Waals surface area contributed by atoms with Crippen molar-refractivity contribution in [3.05, 3.63) is 29.6 Å². The molecule has 1 nitrogen and oxygen atoms in total. The Morgan fingerprint density at radius 2 is 2.36 bits per heavy atom. The first-order chi connectivity index (χ1) is 5.27. The molecule has 1 aromatic rings. The molecule has 56 valence electrons. The molecule has 0 aromatic heterocycles. The van der Waals surface area contributed by atoms with Gasteiger partial charge in [0.15, 0.2) is 0 Å². The number of hydrogen-bond donors (Lipinski definition) is 0. The van der Waals surface area contributed by atoms with Gasteiger partial charge in [0.05, 0.1) is 6.61 Å². The van der Waals surface area contributed by atoms with Crippen LogP contribution in [0.1, 0.15) is 5.56 Å². The maximum Gasteiger partial charge on any atom is 0.434 e. The second-order valence-electron chi connectivity index (χ2n) is 2.47. The van der Waals surface area contributed by atoms with Crippen LogP contribution in [0.4, 0.5) is 4.39 Å². The third-order valence-corrected chi connectivity index (χ3v) is 2.10. The second-order valence-corrected chi connectivity index (χ2v) is 2.87. The minimum absolute atomic E-state index is 0.238. The maximum absolute atomic E-state index is 12.6. The summed E-state index contributed by atoms with van der Waals surface area (Å²) in [6, 6.07) is 4.51. The van der Waals surface area contributed by atoms with E-state index in [2.05, 4.69) is 0 Å². The summed E-state index contributed by atoms with van der Waals surface area (Å²) in [5.74, 6) is -0.238. The Morgan fingerprint density at radius 3 is 3.18 bits per heavy atom. The van der Waals surface area contributed by atoms with Crippen molar-refractivity contribution in [1.29, 1.82) is 0 Å². The summed E-state index contributed by atoms with van der Waals surface area (Å²) in [6.07, 6.45) is -0.398. The van der Waals surface area contributed by atoms with Gasteiger partial charge in [-0.2, -0.15) is 0 Å². The van der Waals surface area contributed by atoms with Gasteiger partial charge in [-0.25, -0.2) is 4.39 Å². The van der Waals surface area contributed by atoms with Crippen LogP contribution in [-0.2, 0) is 11.3 Å². The Hall–Kier alpha value is -0.535.